The minimum atomic E-state index is -4.84. The number of benzene rings is 2. The zero-order chi connectivity index (χ0) is 27.1. The van der Waals surface area contributed by atoms with Crippen LogP contribution < -0.4 is 4.90 Å². The summed E-state index contributed by atoms with van der Waals surface area (Å²) in [6.07, 6.45) is -2.54. The summed E-state index contributed by atoms with van der Waals surface area (Å²) >= 11 is 11.9. The van der Waals surface area contributed by atoms with Crippen molar-refractivity contribution < 1.29 is 27.6 Å². The van der Waals surface area contributed by atoms with Gasteiger partial charge >= 0.3 is 6.18 Å². The molecule has 1 aromatic heterocycles. The Balaban J connectivity index is 1.66. The number of halogens is 5. The Morgan fingerprint density at radius 2 is 1.65 bits per heavy atom. The average Bonchev–Trinajstić information content (AvgIpc) is 3.27. The van der Waals surface area contributed by atoms with E-state index in [1.54, 1.807) is 13.8 Å². The molecule has 0 saturated heterocycles. The van der Waals surface area contributed by atoms with Gasteiger partial charge in [0.15, 0.2) is 0 Å². The molecular formula is C25H19Cl2F3N4O3. The van der Waals surface area contributed by atoms with Crippen LogP contribution in [0.1, 0.15) is 46.0 Å². The van der Waals surface area contributed by atoms with E-state index in [1.165, 1.54) is 43.6 Å². The molecule has 1 atom stereocenters. The van der Waals surface area contributed by atoms with Crippen LogP contribution in [0, 0.1) is 13.8 Å². The van der Waals surface area contributed by atoms with E-state index in [2.05, 4.69) is 15.1 Å². The van der Waals surface area contributed by atoms with Gasteiger partial charge in [-0.15, -0.1) is 0 Å². The zero-order valence-electron chi connectivity index (χ0n) is 19.7. The first-order valence-electron chi connectivity index (χ1n) is 10.9. The molecule has 2 aromatic carbocycles. The van der Waals surface area contributed by atoms with Crippen LogP contribution >= 0.6 is 23.2 Å². The van der Waals surface area contributed by atoms with Crippen LogP contribution in [0.4, 0.5) is 19.1 Å². The topological polar surface area (TPSA) is 84.8 Å². The van der Waals surface area contributed by atoms with Crippen molar-refractivity contribution in [3.05, 3.63) is 86.7 Å². The molecule has 2 amide bonds. The van der Waals surface area contributed by atoms with E-state index in [0.717, 1.165) is 22.6 Å². The molecule has 7 nitrogen and oxygen atoms in total. The number of amides is 2. The van der Waals surface area contributed by atoms with E-state index in [4.69, 9.17) is 28.0 Å². The van der Waals surface area contributed by atoms with Gasteiger partial charge < -0.3 is 4.84 Å². The van der Waals surface area contributed by atoms with E-state index in [0.29, 0.717) is 11.1 Å². The van der Waals surface area contributed by atoms with Crippen molar-refractivity contribution in [2.24, 2.45) is 5.16 Å². The summed E-state index contributed by atoms with van der Waals surface area (Å²) in [5.74, 6) is -1.36. The van der Waals surface area contributed by atoms with Crippen LogP contribution in [0.5, 0.6) is 0 Å². The maximum absolute atomic E-state index is 14.3. The van der Waals surface area contributed by atoms with Gasteiger partial charge in [-0.3, -0.25) is 9.59 Å². The molecule has 0 spiro atoms. The molecule has 2 heterocycles. The van der Waals surface area contributed by atoms with E-state index in [-0.39, 0.29) is 32.8 Å². The summed E-state index contributed by atoms with van der Waals surface area (Å²) in [5.41, 5.74) is -1.45. The predicted molar refractivity (Wildman–Crippen MR) is 132 cm³/mol. The number of aromatic nitrogens is 2. The standard InChI is InChI=1S/C25H19Cl2F3N4O3/c1-13-11-31-23(32-12-13)34(15(3)35)22(36)20-5-4-16(6-14(20)2)21-10-24(37-33-21,25(28,29)30)17-7-18(26)9-19(27)8-17/h4-9,11-12H,10H2,1-3H3. The summed E-state index contributed by atoms with van der Waals surface area (Å²) < 4.78 is 42.8. The van der Waals surface area contributed by atoms with Crippen molar-refractivity contribution >= 4 is 46.7 Å². The molecule has 12 heteroatoms. The van der Waals surface area contributed by atoms with E-state index in [9.17, 15) is 22.8 Å². The van der Waals surface area contributed by atoms with E-state index in [1.807, 2.05) is 0 Å². The van der Waals surface area contributed by atoms with Crippen molar-refractivity contribution in [3.63, 3.8) is 0 Å². The fourth-order valence-electron chi connectivity index (χ4n) is 3.93. The maximum Gasteiger partial charge on any atom is 0.435 e. The van der Waals surface area contributed by atoms with Crippen LogP contribution in [0.3, 0.4) is 0 Å². The quantitative estimate of drug-likeness (QED) is 0.387. The van der Waals surface area contributed by atoms with Crippen molar-refractivity contribution in [1.82, 2.24) is 9.97 Å². The molecule has 1 aliphatic rings. The number of nitrogens with zero attached hydrogens (tertiary/aromatic N) is 4. The Bertz CT molecular complexity index is 1410. The molecule has 0 aliphatic carbocycles. The number of anilines is 1. The Labute approximate surface area is 219 Å². The molecule has 37 heavy (non-hydrogen) atoms. The average molecular weight is 551 g/mol. The molecular weight excluding hydrogens is 532 g/mol. The highest BCUT2D eigenvalue weighted by Crippen LogP contribution is 2.49. The maximum atomic E-state index is 14.3. The summed E-state index contributed by atoms with van der Waals surface area (Å²) in [6.45, 7) is 4.56. The second kappa shape index (κ2) is 9.75. The summed E-state index contributed by atoms with van der Waals surface area (Å²) in [6, 6.07) is 7.93. The third-order valence-electron chi connectivity index (χ3n) is 5.79. The fraction of sp³-hybridized carbons (Fsp3) is 0.240. The van der Waals surface area contributed by atoms with Gasteiger partial charge in [-0.1, -0.05) is 34.4 Å². The number of carbonyl (C=O) groups is 2. The number of hydrogen-bond acceptors (Lipinski definition) is 6. The summed E-state index contributed by atoms with van der Waals surface area (Å²) in [4.78, 5) is 39.4. The molecule has 0 bridgehead atoms. The lowest BCUT2D eigenvalue weighted by Crippen LogP contribution is -2.42. The van der Waals surface area contributed by atoms with E-state index < -0.39 is 30.0 Å². The van der Waals surface area contributed by atoms with Crippen LogP contribution in [-0.4, -0.2) is 33.7 Å². The smallest absolute Gasteiger partial charge is 0.374 e. The minimum Gasteiger partial charge on any atom is -0.374 e. The van der Waals surface area contributed by atoms with Gasteiger partial charge in [0.25, 0.3) is 11.5 Å². The molecule has 1 aliphatic heterocycles. The lowest BCUT2D eigenvalue weighted by molar-refractivity contribution is -0.275. The number of hydrogen-bond donors (Lipinski definition) is 0. The van der Waals surface area contributed by atoms with Gasteiger partial charge in [-0.05, 0) is 60.9 Å². The molecule has 0 saturated carbocycles. The highest BCUT2D eigenvalue weighted by atomic mass is 35.5. The number of carbonyl (C=O) groups excluding carboxylic acids is 2. The third-order valence-corrected chi connectivity index (χ3v) is 6.23. The zero-order valence-corrected chi connectivity index (χ0v) is 21.2. The second-order valence-corrected chi connectivity index (χ2v) is 9.41. The lowest BCUT2D eigenvalue weighted by atomic mass is 9.86. The van der Waals surface area contributed by atoms with Gasteiger partial charge in [0, 0.05) is 46.9 Å². The molecule has 0 radical (unpaired) electrons. The monoisotopic (exact) mass is 550 g/mol. The van der Waals surface area contributed by atoms with Gasteiger partial charge in [-0.25, -0.2) is 14.9 Å². The second-order valence-electron chi connectivity index (χ2n) is 8.54. The van der Waals surface area contributed by atoms with Crippen LogP contribution in [-0.2, 0) is 15.2 Å². The van der Waals surface area contributed by atoms with Gasteiger partial charge in [0.2, 0.25) is 11.9 Å². The van der Waals surface area contributed by atoms with Crippen molar-refractivity contribution in [3.8, 4) is 0 Å². The molecule has 3 aromatic rings. The highest BCUT2D eigenvalue weighted by molar-refractivity contribution is 6.34. The minimum absolute atomic E-state index is 0.0146. The third kappa shape index (κ3) is 5.03. The molecule has 192 valence electrons. The predicted octanol–water partition coefficient (Wildman–Crippen LogP) is 6.18. The first kappa shape index (κ1) is 26.6. The molecule has 1 unspecified atom stereocenters. The largest absolute Gasteiger partial charge is 0.435 e. The van der Waals surface area contributed by atoms with Crippen molar-refractivity contribution in [2.75, 3.05) is 4.90 Å². The first-order valence-corrected chi connectivity index (χ1v) is 11.6. The molecule has 0 fully saturated rings. The van der Waals surface area contributed by atoms with Crippen molar-refractivity contribution in [1.29, 1.82) is 0 Å². The number of rotatable bonds is 4. The molecule has 0 N–H and O–H groups in total. The van der Waals surface area contributed by atoms with Crippen LogP contribution in [0.15, 0.2) is 53.9 Å². The Hall–Kier alpha value is -3.50. The number of imide groups is 1. The van der Waals surface area contributed by atoms with Crippen molar-refractivity contribution in [2.45, 2.75) is 39.0 Å². The number of aryl methyl sites for hydroxylation is 2. The van der Waals surface area contributed by atoms with Gasteiger partial charge in [0.1, 0.15) is 0 Å². The number of alkyl halides is 3. The van der Waals surface area contributed by atoms with Gasteiger partial charge in [0.05, 0.1) is 5.71 Å². The summed E-state index contributed by atoms with van der Waals surface area (Å²) in [5, 5.41) is 3.78. The van der Waals surface area contributed by atoms with E-state index >= 15 is 0 Å². The van der Waals surface area contributed by atoms with Crippen LogP contribution in [0.2, 0.25) is 10.0 Å². The SMILES string of the molecule is CC(=O)N(C(=O)c1ccc(C2=NOC(c3cc(Cl)cc(Cl)c3)(C(F)(F)F)C2)cc1C)c1ncc(C)cn1. The Morgan fingerprint density at radius 3 is 2.19 bits per heavy atom. The lowest BCUT2D eigenvalue weighted by Gasteiger charge is -2.29. The fourth-order valence-corrected chi connectivity index (χ4v) is 4.45. The summed E-state index contributed by atoms with van der Waals surface area (Å²) in [7, 11) is 0. The first-order chi connectivity index (χ1) is 17.3. The molecule has 4 rings (SSSR count). The highest BCUT2D eigenvalue weighted by Gasteiger charge is 2.62. The Morgan fingerprint density at radius 1 is 1.03 bits per heavy atom. The van der Waals surface area contributed by atoms with Crippen LogP contribution in [0.25, 0.3) is 0 Å². The van der Waals surface area contributed by atoms with Gasteiger partial charge in [-0.2, -0.15) is 13.2 Å². The normalized spacial score (nSPS) is 17.2. The Kier molecular flexibility index (Phi) is 7.00. The number of oxime groups is 1.